The third kappa shape index (κ3) is 7.13. The highest BCUT2D eigenvalue weighted by atomic mass is 35.5. The Labute approximate surface area is 196 Å². The Morgan fingerprint density at radius 3 is 2.21 bits per heavy atom. The molecule has 0 radical (unpaired) electrons. The van der Waals surface area contributed by atoms with Gasteiger partial charge in [-0.2, -0.15) is 0 Å². The van der Waals surface area contributed by atoms with Gasteiger partial charge in [-0.3, -0.25) is 4.79 Å². The van der Waals surface area contributed by atoms with E-state index in [1.165, 1.54) is 24.3 Å². The van der Waals surface area contributed by atoms with Gasteiger partial charge in [0.2, 0.25) is 0 Å². The van der Waals surface area contributed by atoms with E-state index in [1.807, 2.05) is 12.1 Å². The number of aromatic carboxylic acids is 1. The summed E-state index contributed by atoms with van der Waals surface area (Å²) in [7, 11) is 0. The van der Waals surface area contributed by atoms with Crippen molar-refractivity contribution in [2.24, 2.45) is 0 Å². The maximum Gasteiger partial charge on any atom is 0.335 e. The predicted molar refractivity (Wildman–Crippen MR) is 127 cm³/mol. The highest BCUT2D eigenvalue weighted by Crippen LogP contribution is 2.18. The Hall–Kier alpha value is -3.23. The second kappa shape index (κ2) is 11.6. The number of hydrogen-bond acceptors (Lipinski definition) is 5. The van der Waals surface area contributed by atoms with Crippen LogP contribution < -0.4 is 10.6 Å². The van der Waals surface area contributed by atoms with Gasteiger partial charge in [0, 0.05) is 28.9 Å². The minimum atomic E-state index is -1.05. The van der Waals surface area contributed by atoms with Crippen LogP contribution >= 0.6 is 11.6 Å². The van der Waals surface area contributed by atoms with Gasteiger partial charge in [0.15, 0.2) is 0 Å². The molecule has 5 N–H and O–H groups in total. The number of carbonyl (C=O) groups is 2. The fraction of sp³-hybridized carbons (Fsp3) is 0.200. The van der Waals surface area contributed by atoms with Crippen LogP contribution in [0.4, 0.5) is 5.69 Å². The highest BCUT2D eigenvalue weighted by Gasteiger charge is 2.13. The van der Waals surface area contributed by atoms with E-state index in [9.17, 15) is 19.8 Å². The summed E-state index contributed by atoms with van der Waals surface area (Å²) in [5.41, 5.74) is 2.71. The first-order valence-electron chi connectivity index (χ1n) is 10.4. The lowest BCUT2D eigenvalue weighted by Gasteiger charge is -2.19. The third-order valence-corrected chi connectivity index (χ3v) is 5.38. The Morgan fingerprint density at radius 2 is 1.61 bits per heavy atom. The third-order valence-electron chi connectivity index (χ3n) is 5.14. The van der Waals surface area contributed by atoms with Crippen molar-refractivity contribution < 1.29 is 24.9 Å². The van der Waals surface area contributed by atoms with Gasteiger partial charge >= 0.3 is 5.97 Å². The van der Waals surface area contributed by atoms with E-state index < -0.39 is 12.1 Å². The molecular formula is C25H25ClN2O5. The number of aliphatic hydroxyl groups is 2. The van der Waals surface area contributed by atoms with E-state index in [4.69, 9.17) is 16.7 Å². The molecule has 0 heterocycles. The standard InChI is InChI=1S/C25H25ClN2O5/c26-20-3-1-2-19(13-20)23(30)14-27-22(15-29)12-16-4-10-21(11-5-16)28-24(31)17-6-8-18(9-7-17)25(32)33/h1-11,13,22-23,27,29-30H,12,14-15H2,(H,28,31)(H,32,33)/t22-,23-/m0/s1. The molecular weight excluding hydrogens is 444 g/mol. The molecule has 8 heteroatoms. The molecule has 0 fully saturated rings. The second-order valence-electron chi connectivity index (χ2n) is 7.60. The summed E-state index contributed by atoms with van der Waals surface area (Å²) >= 11 is 5.96. The van der Waals surface area contributed by atoms with Crippen molar-refractivity contribution in [1.29, 1.82) is 0 Å². The highest BCUT2D eigenvalue weighted by molar-refractivity contribution is 6.30. The fourth-order valence-electron chi connectivity index (χ4n) is 3.29. The maximum absolute atomic E-state index is 12.4. The van der Waals surface area contributed by atoms with E-state index in [-0.39, 0.29) is 30.7 Å². The molecule has 0 saturated heterocycles. The Kier molecular flexibility index (Phi) is 8.57. The average Bonchev–Trinajstić information content (AvgIpc) is 2.82. The summed E-state index contributed by atoms with van der Waals surface area (Å²) < 4.78 is 0. The molecule has 0 aliphatic rings. The first-order valence-corrected chi connectivity index (χ1v) is 10.7. The Balaban J connectivity index is 1.53. The molecule has 1 amide bonds. The van der Waals surface area contributed by atoms with Gasteiger partial charge in [-0.1, -0.05) is 35.9 Å². The molecule has 2 atom stereocenters. The fourth-order valence-corrected chi connectivity index (χ4v) is 3.49. The maximum atomic E-state index is 12.4. The van der Waals surface area contributed by atoms with Crippen LogP contribution in [0.5, 0.6) is 0 Å². The first-order chi connectivity index (χ1) is 15.9. The summed E-state index contributed by atoms with van der Waals surface area (Å²) in [6.07, 6.45) is -0.219. The minimum Gasteiger partial charge on any atom is -0.478 e. The van der Waals surface area contributed by atoms with Crippen LogP contribution in [0.1, 0.15) is 37.9 Å². The summed E-state index contributed by atoms with van der Waals surface area (Å²) in [4.78, 5) is 23.3. The largest absolute Gasteiger partial charge is 0.478 e. The number of halogens is 1. The number of hydrogen-bond donors (Lipinski definition) is 5. The minimum absolute atomic E-state index is 0.104. The average molecular weight is 469 g/mol. The number of anilines is 1. The molecule has 33 heavy (non-hydrogen) atoms. The van der Waals surface area contributed by atoms with Crippen molar-refractivity contribution in [3.05, 3.63) is 100 Å². The van der Waals surface area contributed by atoms with E-state index in [0.717, 1.165) is 5.56 Å². The molecule has 0 unspecified atom stereocenters. The molecule has 0 aliphatic heterocycles. The number of aliphatic hydroxyl groups excluding tert-OH is 2. The van der Waals surface area contributed by atoms with Gasteiger partial charge in [0.05, 0.1) is 18.3 Å². The van der Waals surface area contributed by atoms with Crippen LogP contribution in [-0.2, 0) is 6.42 Å². The molecule has 7 nitrogen and oxygen atoms in total. The number of benzene rings is 3. The summed E-state index contributed by atoms with van der Waals surface area (Å²) in [6.45, 7) is 0.160. The number of rotatable bonds is 10. The van der Waals surface area contributed by atoms with Crippen molar-refractivity contribution in [1.82, 2.24) is 5.32 Å². The topological polar surface area (TPSA) is 119 Å². The van der Waals surface area contributed by atoms with E-state index in [0.29, 0.717) is 28.3 Å². The van der Waals surface area contributed by atoms with Crippen molar-refractivity contribution in [2.45, 2.75) is 18.6 Å². The van der Waals surface area contributed by atoms with Crippen LogP contribution in [0.3, 0.4) is 0 Å². The van der Waals surface area contributed by atoms with Gasteiger partial charge in [-0.25, -0.2) is 4.79 Å². The number of amides is 1. The van der Waals surface area contributed by atoms with Crippen molar-refractivity contribution in [3.8, 4) is 0 Å². The van der Waals surface area contributed by atoms with Crippen molar-refractivity contribution in [2.75, 3.05) is 18.5 Å². The van der Waals surface area contributed by atoms with Gasteiger partial charge < -0.3 is 26.0 Å². The molecule has 3 aromatic rings. The molecule has 0 saturated carbocycles. The molecule has 0 aromatic heterocycles. The van der Waals surface area contributed by atoms with Crippen LogP contribution in [-0.4, -0.2) is 46.4 Å². The van der Waals surface area contributed by atoms with Crippen molar-refractivity contribution in [3.63, 3.8) is 0 Å². The summed E-state index contributed by atoms with van der Waals surface area (Å²) in [5, 5.41) is 35.5. The Morgan fingerprint density at radius 1 is 0.939 bits per heavy atom. The van der Waals surface area contributed by atoms with Gasteiger partial charge in [-0.05, 0) is 66.1 Å². The van der Waals surface area contributed by atoms with Gasteiger partial charge in [-0.15, -0.1) is 0 Å². The number of carbonyl (C=O) groups excluding carboxylic acids is 1. The van der Waals surface area contributed by atoms with Crippen LogP contribution in [0.2, 0.25) is 5.02 Å². The zero-order valence-electron chi connectivity index (χ0n) is 17.7. The van der Waals surface area contributed by atoms with Crippen LogP contribution in [0.15, 0.2) is 72.8 Å². The van der Waals surface area contributed by atoms with Crippen LogP contribution in [0.25, 0.3) is 0 Å². The van der Waals surface area contributed by atoms with E-state index in [1.54, 1.807) is 36.4 Å². The zero-order valence-corrected chi connectivity index (χ0v) is 18.5. The molecule has 0 spiro atoms. The first kappa shape index (κ1) is 24.4. The smallest absolute Gasteiger partial charge is 0.335 e. The van der Waals surface area contributed by atoms with Crippen LogP contribution in [0, 0.1) is 0 Å². The van der Waals surface area contributed by atoms with Gasteiger partial charge in [0.1, 0.15) is 0 Å². The lowest BCUT2D eigenvalue weighted by molar-refractivity contribution is 0.0696. The molecule has 0 bridgehead atoms. The molecule has 0 aliphatic carbocycles. The lowest BCUT2D eigenvalue weighted by Crippen LogP contribution is -2.37. The quantitative estimate of drug-likeness (QED) is 0.310. The molecule has 3 rings (SSSR count). The molecule has 3 aromatic carbocycles. The molecule has 172 valence electrons. The van der Waals surface area contributed by atoms with E-state index in [2.05, 4.69) is 10.6 Å². The number of carboxylic acids is 1. The SMILES string of the molecule is O=C(O)c1ccc(C(=O)Nc2ccc(C[C@@H](CO)NC[C@H](O)c3cccc(Cl)c3)cc2)cc1. The monoisotopic (exact) mass is 468 g/mol. The normalized spacial score (nSPS) is 12.7. The Bertz CT molecular complexity index is 1090. The predicted octanol–water partition coefficient (Wildman–Crippen LogP) is 3.52. The van der Waals surface area contributed by atoms with Crippen molar-refractivity contribution >= 4 is 29.2 Å². The summed E-state index contributed by atoms with van der Waals surface area (Å²) in [5.74, 6) is -1.39. The second-order valence-corrected chi connectivity index (χ2v) is 8.03. The number of nitrogens with one attached hydrogen (secondary N) is 2. The zero-order chi connectivity index (χ0) is 23.8. The number of carboxylic acid groups (broad SMARTS) is 1. The van der Waals surface area contributed by atoms with E-state index >= 15 is 0 Å². The summed E-state index contributed by atoms with van der Waals surface area (Å²) in [6, 6.07) is 19.6. The lowest BCUT2D eigenvalue weighted by atomic mass is 10.0. The van der Waals surface area contributed by atoms with Gasteiger partial charge in [0.25, 0.3) is 5.91 Å².